The summed E-state index contributed by atoms with van der Waals surface area (Å²) in [6, 6.07) is 12.6. The second-order valence-corrected chi connectivity index (χ2v) is 6.27. The van der Waals surface area contributed by atoms with Crippen molar-refractivity contribution < 1.29 is 36.2 Å². The lowest BCUT2D eigenvalue weighted by Gasteiger charge is -2.11. The van der Waals surface area contributed by atoms with Gasteiger partial charge in [0.05, 0.1) is 5.56 Å². The first kappa shape index (κ1) is 21.3. The normalized spacial score (nSPS) is 10.7. The molecule has 3 nitrogen and oxygen atoms in total. The minimum absolute atomic E-state index is 0.203. The van der Waals surface area contributed by atoms with Gasteiger partial charge in [-0.3, -0.25) is 0 Å². The topological polar surface area (TPSA) is 35.5 Å². The molecule has 0 amide bonds. The maximum absolute atomic E-state index is 13.6. The van der Waals surface area contributed by atoms with Crippen molar-refractivity contribution in [2.75, 3.05) is 0 Å². The molecule has 0 saturated carbocycles. The Kier molecular flexibility index (Phi) is 6.34. The van der Waals surface area contributed by atoms with Crippen molar-refractivity contribution in [3.63, 3.8) is 0 Å². The van der Waals surface area contributed by atoms with E-state index in [1.807, 2.05) is 19.1 Å². The molecule has 0 saturated heterocycles. The Morgan fingerprint density at radius 2 is 1.23 bits per heavy atom. The summed E-state index contributed by atoms with van der Waals surface area (Å²) in [6.07, 6.45) is 0.850. The van der Waals surface area contributed by atoms with Crippen LogP contribution in [0.25, 0.3) is 0 Å². The van der Waals surface area contributed by atoms with Gasteiger partial charge in [0.2, 0.25) is 29.1 Å². The summed E-state index contributed by atoms with van der Waals surface area (Å²) >= 11 is 0. The standard InChI is InChI=1S/C22H15F5O3/c1-2-12-5-9-15(10-6-12)30-22(28)14-7-3-13(4-8-14)11-29-21-19(26)17(24)16(23)18(25)20(21)27/h3-10H,2,11H2,1H3. The highest BCUT2D eigenvalue weighted by atomic mass is 19.2. The van der Waals surface area contributed by atoms with E-state index in [-0.39, 0.29) is 5.56 Å². The largest absolute Gasteiger partial charge is 0.483 e. The number of hydrogen-bond acceptors (Lipinski definition) is 3. The molecule has 0 radical (unpaired) electrons. The van der Waals surface area contributed by atoms with Gasteiger partial charge in [0.1, 0.15) is 12.4 Å². The molecule has 3 rings (SSSR count). The molecule has 0 fully saturated rings. The number of carbonyl (C=O) groups is 1. The van der Waals surface area contributed by atoms with Crippen LogP contribution in [0.4, 0.5) is 22.0 Å². The molecule has 0 aliphatic carbocycles. The third kappa shape index (κ3) is 4.42. The van der Waals surface area contributed by atoms with Gasteiger partial charge in [0.25, 0.3) is 0 Å². The number of benzene rings is 3. The molecule has 0 atom stereocenters. The summed E-state index contributed by atoms with van der Waals surface area (Å²) in [7, 11) is 0. The fraction of sp³-hybridized carbons (Fsp3) is 0.136. The molecular formula is C22H15F5O3. The smallest absolute Gasteiger partial charge is 0.343 e. The van der Waals surface area contributed by atoms with Gasteiger partial charge < -0.3 is 9.47 Å². The Labute approximate surface area is 168 Å². The van der Waals surface area contributed by atoms with Crippen molar-refractivity contribution in [1.82, 2.24) is 0 Å². The van der Waals surface area contributed by atoms with E-state index < -0.39 is 47.4 Å². The molecule has 156 valence electrons. The number of halogens is 5. The predicted molar refractivity (Wildman–Crippen MR) is 97.8 cm³/mol. The van der Waals surface area contributed by atoms with Gasteiger partial charge in [-0.05, 0) is 41.8 Å². The van der Waals surface area contributed by atoms with Crippen LogP contribution in [0.1, 0.15) is 28.4 Å². The molecule has 0 N–H and O–H groups in total. The number of esters is 1. The van der Waals surface area contributed by atoms with E-state index in [9.17, 15) is 26.7 Å². The first-order chi connectivity index (χ1) is 14.3. The van der Waals surface area contributed by atoms with Crippen LogP contribution in [0, 0.1) is 29.1 Å². The summed E-state index contributed by atoms with van der Waals surface area (Å²) in [4.78, 5) is 12.2. The molecule has 0 spiro atoms. The lowest BCUT2D eigenvalue weighted by atomic mass is 10.1. The van der Waals surface area contributed by atoms with Gasteiger partial charge in [-0.25, -0.2) is 18.0 Å². The highest BCUT2D eigenvalue weighted by Crippen LogP contribution is 2.29. The lowest BCUT2D eigenvalue weighted by molar-refractivity contribution is 0.0734. The summed E-state index contributed by atoms with van der Waals surface area (Å²) in [5.41, 5.74) is 1.63. The van der Waals surface area contributed by atoms with Gasteiger partial charge in [-0.2, -0.15) is 8.78 Å². The maximum atomic E-state index is 13.6. The zero-order valence-corrected chi connectivity index (χ0v) is 15.6. The van der Waals surface area contributed by atoms with Crippen LogP contribution in [0.3, 0.4) is 0 Å². The highest BCUT2D eigenvalue weighted by molar-refractivity contribution is 5.91. The summed E-state index contributed by atoms with van der Waals surface area (Å²) in [5.74, 6) is -12.2. The summed E-state index contributed by atoms with van der Waals surface area (Å²) in [5, 5.41) is 0. The second kappa shape index (κ2) is 8.94. The number of aryl methyl sites for hydroxylation is 1. The van der Waals surface area contributed by atoms with Crippen LogP contribution in [-0.4, -0.2) is 5.97 Å². The zero-order chi connectivity index (χ0) is 21.8. The fourth-order valence-electron chi connectivity index (χ4n) is 2.56. The van der Waals surface area contributed by atoms with E-state index in [1.54, 1.807) is 12.1 Å². The van der Waals surface area contributed by atoms with Gasteiger partial charge in [0, 0.05) is 0 Å². The Morgan fingerprint density at radius 3 is 1.77 bits per heavy atom. The van der Waals surface area contributed by atoms with Crippen molar-refractivity contribution in [2.45, 2.75) is 20.0 Å². The molecule has 0 aliphatic rings. The van der Waals surface area contributed by atoms with E-state index in [0.717, 1.165) is 12.0 Å². The monoisotopic (exact) mass is 422 g/mol. The van der Waals surface area contributed by atoms with Crippen LogP contribution in [-0.2, 0) is 13.0 Å². The van der Waals surface area contributed by atoms with E-state index in [1.165, 1.54) is 24.3 Å². The van der Waals surface area contributed by atoms with Crippen molar-refractivity contribution in [3.05, 3.63) is 94.3 Å². The minimum Gasteiger partial charge on any atom is -0.483 e. The van der Waals surface area contributed by atoms with E-state index in [0.29, 0.717) is 11.3 Å². The third-order valence-corrected chi connectivity index (χ3v) is 4.28. The average molecular weight is 422 g/mol. The van der Waals surface area contributed by atoms with E-state index in [4.69, 9.17) is 9.47 Å². The quantitative estimate of drug-likeness (QED) is 0.167. The van der Waals surface area contributed by atoms with Crippen molar-refractivity contribution in [1.29, 1.82) is 0 Å². The Hall–Kier alpha value is -3.42. The van der Waals surface area contributed by atoms with Crippen LogP contribution >= 0.6 is 0 Å². The Balaban J connectivity index is 1.67. The number of hydrogen-bond donors (Lipinski definition) is 0. The molecule has 3 aromatic rings. The van der Waals surface area contributed by atoms with Gasteiger partial charge in [-0.1, -0.05) is 31.2 Å². The third-order valence-electron chi connectivity index (χ3n) is 4.28. The molecule has 0 unspecified atom stereocenters. The molecule has 0 heterocycles. The lowest BCUT2D eigenvalue weighted by Crippen LogP contribution is -2.09. The molecule has 3 aromatic carbocycles. The fourth-order valence-corrected chi connectivity index (χ4v) is 2.56. The number of ether oxygens (including phenoxy) is 2. The SMILES string of the molecule is CCc1ccc(OC(=O)c2ccc(COc3c(F)c(F)c(F)c(F)c3F)cc2)cc1. The maximum Gasteiger partial charge on any atom is 0.343 e. The Bertz CT molecular complexity index is 1030. The number of carbonyl (C=O) groups excluding carboxylic acids is 1. The van der Waals surface area contributed by atoms with Crippen LogP contribution in [0.5, 0.6) is 11.5 Å². The molecule has 0 bridgehead atoms. The molecule has 30 heavy (non-hydrogen) atoms. The van der Waals surface area contributed by atoms with Crippen LogP contribution < -0.4 is 9.47 Å². The van der Waals surface area contributed by atoms with Crippen molar-refractivity contribution in [2.24, 2.45) is 0 Å². The van der Waals surface area contributed by atoms with Crippen molar-refractivity contribution >= 4 is 5.97 Å². The van der Waals surface area contributed by atoms with Gasteiger partial charge in [-0.15, -0.1) is 0 Å². The van der Waals surface area contributed by atoms with Crippen LogP contribution in [0.2, 0.25) is 0 Å². The summed E-state index contributed by atoms with van der Waals surface area (Å²) < 4.78 is 76.7. The zero-order valence-electron chi connectivity index (χ0n) is 15.6. The minimum atomic E-state index is -2.26. The first-order valence-electron chi connectivity index (χ1n) is 8.86. The Morgan fingerprint density at radius 1 is 0.733 bits per heavy atom. The second-order valence-electron chi connectivity index (χ2n) is 6.27. The highest BCUT2D eigenvalue weighted by Gasteiger charge is 2.27. The van der Waals surface area contributed by atoms with E-state index >= 15 is 0 Å². The molecule has 0 aromatic heterocycles. The van der Waals surface area contributed by atoms with Crippen LogP contribution in [0.15, 0.2) is 48.5 Å². The molecule has 8 heteroatoms. The van der Waals surface area contributed by atoms with E-state index in [2.05, 4.69) is 0 Å². The van der Waals surface area contributed by atoms with Crippen molar-refractivity contribution in [3.8, 4) is 11.5 Å². The summed E-state index contributed by atoms with van der Waals surface area (Å²) in [6.45, 7) is 1.52. The molecule has 0 aliphatic heterocycles. The van der Waals surface area contributed by atoms with Gasteiger partial charge >= 0.3 is 5.97 Å². The average Bonchev–Trinajstić information content (AvgIpc) is 2.77. The first-order valence-corrected chi connectivity index (χ1v) is 8.86. The predicted octanol–water partition coefficient (Wildman–Crippen LogP) is 5.74. The van der Waals surface area contributed by atoms with Gasteiger partial charge in [0.15, 0.2) is 5.75 Å². The number of rotatable bonds is 6. The molecular weight excluding hydrogens is 407 g/mol.